The monoisotopic (exact) mass is 300 g/mol. The molecule has 0 aromatic carbocycles. The zero-order valence-corrected chi connectivity index (χ0v) is 12.7. The van der Waals surface area contributed by atoms with Crippen LogP contribution in [0.5, 0.6) is 0 Å². The maximum absolute atomic E-state index is 3.52. The van der Waals surface area contributed by atoms with Crippen molar-refractivity contribution in [3.8, 4) is 0 Å². The van der Waals surface area contributed by atoms with E-state index in [1.807, 2.05) is 11.3 Å². The van der Waals surface area contributed by atoms with Gasteiger partial charge in [-0.2, -0.15) is 0 Å². The SMILES string of the molecule is CC1(C)CCC(CCc2cc(Br)cs2)CC1. The molecule has 0 nitrogen and oxygen atoms in total. The zero-order chi connectivity index (χ0) is 11.6. The number of aryl methyl sites for hydroxylation is 1. The van der Waals surface area contributed by atoms with E-state index >= 15 is 0 Å². The molecule has 0 atom stereocenters. The van der Waals surface area contributed by atoms with Crippen molar-refractivity contribution >= 4 is 27.3 Å². The van der Waals surface area contributed by atoms with Crippen LogP contribution in [0.2, 0.25) is 0 Å². The molecule has 90 valence electrons. The van der Waals surface area contributed by atoms with Crippen LogP contribution in [0, 0.1) is 11.3 Å². The van der Waals surface area contributed by atoms with Crippen molar-refractivity contribution < 1.29 is 0 Å². The molecule has 16 heavy (non-hydrogen) atoms. The van der Waals surface area contributed by atoms with Gasteiger partial charge in [-0.3, -0.25) is 0 Å². The van der Waals surface area contributed by atoms with E-state index in [1.165, 1.54) is 47.9 Å². The van der Waals surface area contributed by atoms with Gasteiger partial charge in [-0.1, -0.05) is 13.8 Å². The third-order valence-corrected chi connectivity index (χ3v) is 5.64. The van der Waals surface area contributed by atoms with E-state index in [1.54, 1.807) is 0 Å². The van der Waals surface area contributed by atoms with E-state index in [0.29, 0.717) is 5.41 Å². The van der Waals surface area contributed by atoms with Crippen LogP contribution >= 0.6 is 27.3 Å². The number of thiophene rings is 1. The maximum Gasteiger partial charge on any atom is 0.0285 e. The fraction of sp³-hybridized carbons (Fsp3) is 0.714. The Hall–Kier alpha value is 0.180. The summed E-state index contributed by atoms with van der Waals surface area (Å²) in [6, 6.07) is 2.28. The highest BCUT2D eigenvalue weighted by atomic mass is 79.9. The first-order chi connectivity index (χ1) is 7.55. The Morgan fingerprint density at radius 1 is 1.38 bits per heavy atom. The molecule has 0 saturated heterocycles. The van der Waals surface area contributed by atoms with Crippen LogP contribution in [0.3, 0.4) is 0 Å². The van der Waals surface area contributed by atoms with Gasteiger partial charge in [0.25, 0.3) is 0 Å². The topological polar surface area (TPSA) is 0 Å². The van der Waals surface area contributed by atoms with Crippen LogP contribution in [0.25, 0.3) is 0 Å². The van der Waals surface area contributed by atoms with Gasteiger partial charge in [0.05, 0.1) is 0 Å². The van der Waals surface area contributed by atoms with Crippen molar-refractivity contribution in [2.75, 3.05) is 0 Å². The molecule has 0 amide bonds. The number of rotatable bonds is 3. The quantitative estimate of drug-likeness (QED) is 0.675. The second-order valence-electron chi connectivity index (χ2n) is 5.88. The van der Waals surface area contributed by atoms with Gasteiger partial charge in [0.1, 0.15) is 0 Å². The average molecular weight is 301 g/mol. The predicted octanol–water partition coefficient (Wildman–Crippen LogP) is 5.66. The maximum atomic E-state index is 3.52. The Balaban J connectivity index is 1.75. The summed E-state index contributed by atoms with van der Waals surface area (Å²) in [5.41, 5.74) is 0.614. The van der Waals surface area contributed by atoms with Crippen molar-refractivity contribution in [2.45, 2.75) is 52.4 Å². The standard InChI is InChI=1S/C14H21BrS/c1-14(2)7-5-11(6-8-14)3-4-13-9-12(15)10-16-13/h9-11H,3-8H2,1-2H3. The molecule has 1 heterocycles. The molecule has 1 aliphatic carbocycles. The first-order valence-electron chi connectivity index (χ1n) is 6.28. The molecule has 1 aromatic rings. The summed E-state index contributed by atoms with van der Waals surface area (Å²) >= 11 is 5.41. The van der Waals surface area contributed by atoms with Crippen LogP contribution in [-0.4, -0.2) is 0 Å². The largest absolute Gasteiger partial charge is 0.148 e. The van der Waals surface area contributed by atoms with Gasteiger partial charge < -0.3 is 0 Å². The molecule has 1 saturated carbocycles. The fourth-order valence-electron chi connectivity index (χ4n) is 2.58. The minimum Gasteiger partial charge on any atom is -0.148 e. The molecule has 2 rings (SSSR count). The zero-order valence-electron chi connectivity index (χ0n) is 10.3. The lowest BCUT2D eigenvalue weighted by Crippen LogP contribution is -2.21. The van der Waals surface area contributed by atoms with E-state index < -0.39 is 0 Å². The third-order valence-electron chi connectivity index (χ3n) is 3.88. The van der Waals surface area contributed by atoms with Gasteiger partial charge in [-0.25, -0.2) is 0 Å². The molecule has 1 fully saturated rings. The van der Waals surface area contributed by atoms with Gasteiger partial charge in [0.2, 0.25) is 0 Å². The highest BCUT2D eigenvalue weighted by Gasteiger charge is 2.26. The molecule has 0 radical (unpaired) electrons. The van der Waals surface area contributed by atoms with Crippen molar-refractivity contribution in [2.24, 2.45) is 11.3 Å². The predicted molar refractivity (Wildman–Crippen MR) is 76.1 cm³/mol. The van der Waals surface area contributed by atoms with E-state index in [0.717, 1.165) is 5.92 Å². The van der Waals surface area contributed by atoms with Gasteiger partial charge >= 0.3 is 0 Å². The summed E-state index contributed by atoms with van der Waals surface area (Å²) < 4.78 is 1.25. The minimum atomic E-state index is 0.614. The Morgan fingerprint density at radius 3 is 2.62 bits per heavy atom. The Morgan fingerprint density at radius 2 is 2.06 bits per heavy atom. The van der Waals surface area contributed by atoms with Gasteiger partial charge in [0, 0.05) is 14.7 Å². The minimum absolute atomic E-state index is 0.614. The molecule has 0 aliphatic heterocycles. The smallest absolute Gasteiger partial charge is 0.0285 e. The molecule has 1 aliphatic rings. The summed E-state index contributed by atoms with van der Waals surface area (Å²) in [6.07, 6.45) is 8.40. The lowest BCUT2D eigenvalue weighted by Gasteiger charge is -2.34. The summed E-state index contributed by atoms with van der Waals surface area (Å²) in [7, 11) is 0. The molecule has 0 N–H and O–H groups in total. The first-order valence-corrected chi connectivity index (χ1v) is 7.95. The van der Waals surface area contributed by atoms with Crippen LogP contribution in [0.1, 0.15) is 50.8 Å². The average Bonchev–Trinajstić information content (AvgIpc) is 2.63. The summed E-state index contributed by atoms with van der Waals surface area (Å²) in [4.78, 5) is 1.54. The number of hydrogen-bond donors (Lipinski definition) is 0. The highest BCUT2D eigenvalue weighted by molar-refractivity contribution is 9.10. The molecular formula is C14H21BrS. The summed E-state index contributed by atoms with van der Waals surface area (Å²) in [6.45, 7) is 4.83. The molecular weight excluding hydrogens is 280 g/mol. The number of hydrogen-bond acceptors (Lipinski definition) is 1. The highest BCUT2D eigenvalue weighted by Crippen LogP contribution is 2.39. The summed E-state index contributed by atoms with van der Waals surface area (Å²) in [5, 5.41) is 2.19. The number of halogens is 1. The van der Waals surface area contributed by atoms with Crippen LogP contribution in [0.4, 0.5) is 0 Å². The normalized spacial score (nSPS) is 21.2. The molecule has 2 heteroatoms. The van der Waals surface area contributed by atoms with Crippen LogP contribution < -0.4 is 0 Å². The third kappa shape index (κ3) is 3.59. The lowest BCUT2D eigenvalue weighted by atomic mass is 9.72. The van der Waals surface area contributed by atoms with E-state index in [4.69, 9.17) is 0 Å². The second kappa shape index (κ2) is 5.22. The second-order valence-corrected chi connectivity index (χ2v) is 7.79. The molecule has 1 aromatic heterocycles. The van der Waals surface area contributed by atoms with E-state index in [9.17, 15) is 0 Å². The summed E-state index contributed by atoms with van der Waals surface area (Å²) in [5.74, 6) is 0.980. The van der Waals surface area contributed by atoms with Crippen LogP contribution in [0.15, 0.2) is 15.9 Å². The Bertz CT molecular complexity index is 330. The molecule has 0 unspecified atom stereocenters. The fourth-order valence-corrected chi connectivity index (χ4v) is 4.05. The van der Waals surface area contributed by atoms with Crippen molar-refractivity contribution in [1.29, 1.82) is 0 Å². The Labute approximate surface area is 112 Å². The van der Waals surface area contributed by atoms with Crippen molar-refractivity contribution in [3.05, 3.63) is 20.8 Å². The Kier molecular flexibility index (Phi) is 4.12. The first kappa shape index (κ1) is 12.6. The van der Waals surface area contributed by atoms with E-state index in [-0.39, 0.29) is 0 Å². The van der Waals surface area contributed by atoms with Gasteiger partial charge in [-0.15, -0.1) is 11.3 Å². The molecule has 0 bridgehead atoms. The van der Waals surface area contributed by atoms with Gasteiger partial charge in [-0.05, 0) is 71.9 Å². The van der Waals surface area contributed by atoms with E-state index in [2.05, 4.69) is 41.2 Å². The lowest BCUT2D eigenvalue weighted by molar-refractivity contribution is 0.185. The van der Waals surface area contributed by atoms with Crippen LogP contribution in [-0.2, 0) is 6.42 Å². The molecule has 0 spiro atoms. The van der Waals surface area contributed by atoms with Gasteiger partial charge in [0.15, 0.2) is 0 Å². The van der Waals surface area contributed by atoms with Crippen molar-refractivity contribution in [3.63, 3.8) is 0 Å². The van der Waals surface area contributed by atoms with Crippen molar-refractivity contribution in [1.82, 2.24) is 0 Å².